The highest BCUT2D eigenvalue weighted by Crippen LogP contribution is 2.29. The van der Waals surface area contributed by atoms with Crippen LogP contribution in [0.15, 0.2) is 66.7 Å². The number of benzene rings is 3. The molecular formula is C30H31Cl2N5O2. The van der Waals surface area contributed by atoms with E-state index in [1.54, 1.807) is 40.1 Å². The highest BCUT2D eigenvalue weighted by Gasteiger charge is 2.27. The van der Waals surface area contributed by atoms with Crippen molar-refractivity contribution in [3.05, 3.63) is 87.9 Å². The van der Waals surface area contributed by atoms with Crippen LogP contribution in [0.3, 0.4) is 0 Å². The zero-order valence-corrected chi connectivity index (χ0v) is 23.3. The minimum atomic E-state index is -0.457. The Kier molecular flexibility index (Phi) is 9.47. The molecule has 0 aliphatic carbocycles. The molecule has 202 valence electrons. The van der Waals surface area contributed by atoms with E-state index in [4.69, 9.17) is 28.9 Å². The number of nitrogens with zero attached hydrogens (tertiary/aromatic N) is 4. The second-order valence-corrected chi connectivity index (χ2v) is 10.5. The van der Waals surface area contributed by atoms with Gasteiger partial charge in [0.25, 0.3) is 0 Å². The van der Waals surface area contributed by atoms with Crippen LogP contribution in [0.4, 0.5) is 5.69 Å². The molecule has 0 aromatic heterocycles. The average Bonchev–Trinajstić information content (AvgIpc) is 3.46. The van der Waals surface area contributed by atoms with Gasteiger partial charge in [0.05, 0.1) is 28.7 Å². The summed E-state index contributed by atoms with van der Waals surface area (Å²) in [6.07, 6.45) is 2.30. The first-order chi connectivity index (χ1) is 18.8. The van der Waals surface area contributed by atoms with E-state index >= 15 is 0 Å². The Labute approximate surface area is 239 Å². The highest BCUT2D eigenvalue weighted by molar-refractivity contribution is 6.42. The van der Waals surface area contributed by atoms with E-state index in [1.165, 1.54) is 0 Å². The van der Waals surface area contributed by atoms with Gasteiger partial charge in [0.1, 0.15) is 6.54 Å². The number of carbonyl (C=O) groups excluding carboxylic acids is 2. The van der Waals surface area contributed by atoms with Gasteiger partial charge in [0, 0.05) is 24.8 Å². The van der Waals surface area contributed by atoms with E-state index in [-0.39, 0.29) is 25.0 Å². The Morgan fingerprint density at radius 1 is 0.974 bits per heavy atom. The maximum Gasteiger partial charge on any atom is 0.248 e. The van der Waals surface area contributed by atoms with Gasteiger partial charge >= 0.3 is 0 Å². The molecule has 1 fully saturated rings. The Bertz CT molecular complexity index is 1350. The molecule has 3 aromatic carbocycles. The number of amides is 2. The Morgan fingerprint density at radius 2 is 1.59 bits per heavy atom. The number of primary amides is 1. The van der Waals surface area contributed by atoms with Crippen molar-refractivity contribution in [1.82, 2.24) is 9.80 Å². The molecule has 1 unspecified atom stereocenters. The van der Waals surface area contributed by atoms with E-state index in [9.17, 15) is 14.9 Å². The quantitative estimate of drug-likeness (QED) is 0.334. The minimum Gasteiger partial charge on any atom is -0.366 e. The van der Waals surface area contributed by atoms with Crippen molar-refractivity contribution in [2.45, 2.75) is 18.9 Å². The number of hydrogen-bond acceptors (Lipinski definition) is 5. The average molecular weight is 565 g/mol. The van der Waals surface area contributed by atoms with Crippen molar-refractivity contribution in [3.8, 4) is 17.2 Å². The second kappa shape index (κ2) is 13.0. The fourth-order valence-corrected chi connectivity index (χ4v) is 5.13. The third-order valence-corrected chi connectivity index (χ3v) is 7.88. The molecule has 2 N–H and O–H groups in total. The van der Waals surface area contributed by atoms with Crippen LogP contribution in [0.5, 0.6) is 0 Å². The lowest BCUT2D eigenvalue weighted by Gasteiger charge is -2.34. The van der Waals surface area contributed by atoms with E-state index in [2.05, 4.69) is 11.0 Å². The molecular weight excluding hydrogens is 533 g/mol. The first kappa shape index (κ1) is 28.4. The number of carbonyl (C=O) groups is 2. The van der Waals surface area contributed by atoms with Crippen molar-refractivity contribution in [3.63, 3.8) is 0 Å². The molecule has 1 saturated heterocycles. The van der Waals surface area contributed by atoms with Crippen molar-refractivity contribution >= 4 is 40.7 Å². The summed E-state index contributed by atoms with van der Waals surface area (Å²) in [5.41, 5.74) is 9.49. The molecule has 39 heavy (non-hydrogen) atoms. The Morgan fingerprint density at radius 3 is 2.15 bits per heavy atom. The second-order valence-electron chi connectivity index (χ2n) is 9.70. The van der Waals surface area contributed by atoms with Crippen molar-refractivity contribution in [2.24, 2.45) is 5.73 Å². The van der Waals surface area contributed by atoms with Crippen molar-refractivity contribution in [1.29, 1.82) is 5.26 Å². The van der Waals surface area contributed by atoms with Crippen LogP contribution in [0.2, 0.25) is 10.0 Å². The van der Waals surface area contributed by atoms with Gasteiger partial charge in [-0.1, -0.05) is 59.6 Å². The van der Waals surface area contributed by atoms with Crippen LogP contribution in [-0.4, -0.2) is 61.4 Å². The molecule has 4 rings (SSSR count). The van der Waals surface area contributed by atoms with Gasteiger partial charge in [0.15, 0.2) is 0 Å². The van der Waals surface area contributed by atoms with Gasteiger partial charge in [-0.05, 0) is 73.0 Å². The van der Waals surface area contributed by atoms with E-state index in [0.29, 0.717) is 21.3 Å². The van der Waals surface area contributed by atoms with E-state index in [0.717, 1.165) is 49.2 Å². The van der Waals surface area contributed by atoms with Gasteiger partial charge in [0.2, 0.25) is 11.8 Å². The Balaban J connectivity index is 1.55. The molecule has 1 aliphatic heterocycles. The fourth-order valence-electron chi connectivity index (χ4n) is 4.84. The van der Waals surface area contributed by atoms with E-state index in [1.807, 2.05) is 43.4 Å². The molecule has 2 amide bonds. The standard InChI is InChI=1S/C30H31Cl2N5O2/c1-35(29(38)20-37(17-14-33)25-12-13-26(31)27(32)18-25)28(19-36-15-2-3-16-36)23-8-4-21(5-9-23)22-6-10-24(11-7-22)30(34)39/h4-13,18,28H,2-3,15-17,19-20H2,1H3,(H2,34,39). The minimum absolute atomic E-state index is 0.0306. The van der Waals surface area contributed by atoms with Crippen molar-refractivity contribution < 1.29 is 9.59 Å². The third-order valence-electron chi connectivity index (χ3n) is 7.14. The largest absolute Gasteiger partial charge is 0.366 e. The molecule has 0 radical (unpaired) electrons. The van der Waals surface area contributed by atoms with Crippen LogP contribution in [0.1, 0.15) is 34.8 Å². The molecule has 7 nitrogen and oxygen atoms in total. The molecule has 0 saturated carbocycles. The summed E-state index contributed by atoms with van der Waals surface area (Å²) in [6, 6.07) is 22.4. The number of halogens is 2. The maximum absolute atomic E-state index is 13.6. The predicted octanol–water partition coefficient (Wildman–Crippen LogP) is 5.38. The summed E-state index contributed by atoms with van der Waals surface area (Å²) < 4.78 is 0. The smallest absolute Gasteiger partial charge is 0.248 e. The monoisotopic (exact) mass is 563 g/mol. The number of likely N-dealkylation sites (tertiary alicyclic amines) is 1. The topological polar surface area (TPSA) is 93.7 Å². The molecule has 0 spiro atoms. The lowest BCUT2D eigenvalue weighted by Crippen LogP contribution is -2.43. The summed E-state index contributed by atoms with van der Waals surface area (Å²) in [5.74, 6) is -0.562. The van der Waals surface area contributed by atoms with Crippen LogP contribution in [0.25, 0.3) is 11.1 Å². The molecule has 1 heterocycles. The summed E-state index contributed by atoms with van der Waals surface area (Å²) in [6.45, 7) is 2.81. The third kappa shape index (κ3) is 7.10. The molecule has 1 aliphatic rings. The Hall–Kier alpha value is -3.57. The number of hydrogen-bond donors (Lipinski definition) is 1. The number of nitrogens with two attached hydrogens (primary N) is 1. The zero-order chi connectivity index (χ0) is 27.9. The first-order valence-corrected chi connectivity index (χ1v) is 13.6. The van der Waals surface area contributed by atoms with Crippen LogP contribution in [-0.2, 0) is 4.79 Å². The van der Waals surface area contributed by atoms with Gasteiger partial charge in [-0.2, -0.15) is 5.26 Å². The number of likely N-dealkylation sites (N-methyl/N-ethyl adjacent to an activating group) is 1. The number of nitriles is 1. The van der Waals surface area contributed by atoms with Crippen LogP contribution >= 0.6 is 23.2 Å². The lowest BCUT2D eigenvalue weighted by molar-refractivity contribution is -0.131. The van der Waals surface area contributed by atoms with Gasteiger partial charge in [-0.25, -0.2) is 0 Å². The van der Waals surface area contributed by atoms with E-state index < -0.39 is 5.91 Å². The highest BCUT2D eigenvalue weighted by atomic mass is 35.5. The van der Waals surface area contributed by atoms with Gasteiger partial charge < -0.3 is 20.4 Å². The lowest BCUT2D eigenvalue weighted by atomic mass is 9.99. The molecule has 0 bridgehead atoms. The molecule has 3 aromatic rings. The van der Waals surface area contributed by atoms with Gasteiger partial charge in [-0.15, -0.1) is 0 Å². The number of rotatable bonds is 10. The summed E-state index contributed by atoms with van der Waals surface area (Å²) in [5, 5.41) is 10.2. The summed E-state index contributed by atoms with van der Waals surface area (Å²) in [4.78, 5) is 30.8. The fraction of sp³-hybridized carbons (Fsp3) is 0.300. The summed E-state index contributed by atoms with van der Waals surface area (Å²) >= 11 is 12.3. The van der Waals surface area contributed by atoms with Gasteiger partial charge in [-0.3, -0.25) is 9.59 Å². The molecule has 1 atom stereocenters. The normalized spacial score (nSPS) is 14.0. The zero-order valence-electron chi connectivity index (χ0n) is 21.8. The van der Waals surface area contributed by atoms with Crippen LogP contribution < -0.4 is 10.6 Å². The predicted molar refractivity (Wildman–Crippen MR) is 156 cm³/mol. The van der Waals surface area contributed by atoms with Crippen molar-refractivity contribution in [2.75, 3.05) is 44.7 Å². The SMILES string of the molecule is CN(C(=O)CN(CC#N)c1ccc(Cl)c(Cl)c1)C(CN1CCCC1)c1ccc(-c2ccc(C(N)=O)cc2)cc1. The van der Waals surface area contributed by atoms with Crippen LogP contribution in [0, 0.1) is 11.3 Å². The summed E-state index contributed by atoms with van der Waals surface area (Å²) in [7, 11) is 1.82. The molecule has 9 heteroatoms. The first-order valence-electron chi connectivity index (χ1n) is 12.8. The maximum atomic E-state index is 13.6. The number of anilines is 1.